The van der Waals surface area contributed by atoms with E-state index in [1.54, 1.807) is 0 Å². The van der Waals surface area contributed by atoms with Gasteiger partial charge in [-0.3, -0.25) is 4.99 Å². The zero-order valence-electron chi connectivity index (χ0n) is 27.7. The minimum absolute atomic E-state index is 0.451. The van der Waals surface area contributed by atoms with E-state index in [1.807, 2.05) is 60.7 Å². The molecule has 0 unspecified atom stereocenters. The molecule has 8 rings (SSSR count). The summed E-state index contributed by atoms with van der Waals surface area (Å²) in [6.45, 7) is 4.33. The van der Waals surface area contributed by atoms with Crippen LogP contribution in [0.1, 0.15) is 38.9 Å². The lowest BCUT2D eigenvalue weighted by Crippen LogP contribution is -2.28. The summed E-state index contributed by atoms with van der Waals surface area (Å²) in [6.07, 6.45) is 0. The molecule has 0 saturated heterocycles. The minimum atomic E-state index is -0.458. The fourth-order valence-electron chi connectivity index (χ4n) is 7.29. The number of hydrogen-bond acceptors (Lipinski definition) is 1. The Bertz CT molecular complexity index is 2290. The highest BCUT2D eigenvalue weighted by Crippen LogP contribution is 2.55. The number of aliphatic imine (C=N–C) groups is 3. The van der Waals surface area contributed by atoms with Gasteiger partial charge in [-0.1, -0.05) is 188 Å². The highest BCUT2D eigenvalue weighted by atomic mass is 15.0. The van der Waals surface area contributed by atoms with Crippen LogP contribution >= 0.6 is 0 Å². The summed E-state index contributed by atoms with van der Waals surface area (Å²) < 4.78 is 0. The van der Waals surface area contributed by atoms with Crippen molar-refractivity contribution >= 4 is 18.4 Å². The number of amidine groups is 2. The zero-order valence-corrected chi connectivity index (χ0v) is 27.7. The second-order valence-electron chi connectivity index (χ2n) is 12.5. The Morgan fingerprint density at radius 3 is 1.62 bits per heavy atom. The van der Waals surface area contributed by atoms with Gasteiger partial charge in [0.25, 0.3) is 0 Å². The molecule has 0 amide bonds. The smallest absolute Gasteiger partial charge is 0.161 e. The Hall–Kier alpha value is -6.45. The van der Waals surface area contributed by atoms with Crippen LogP contribution in [-0.4, -0.2) is 18.4 Å². The fraction of sp³-hybridized carbons (Fsp3) is 0.0426. The Kier molecular flexibility index (Phi) is 8.38. The Labute approximate surface area is 293 Å². The van der Waals surface area contributed by atoms with Gasteiger partial charge in [-0.05, 0) is 56.8 Å². The molecule has 0 spiro atoms. The zero-order chi connectivity index (χ0) is 33.8. The molecule has 3 heteroatoms. The van der Waals surface area contributed by atoms with Gasteiger partial charge in [0.15, 0.2) is 11.7 Å². The average molecular weight is 642 g/mol. The van der Waals surface area contributed by atoms with E-state index in [-0.39, 0.29) is 0 Å². The van der Waals surface area contributed by atoms with Crippen LogP contribution in [0, 0.1) is 0 Å². The molecule has 3 nitrogen and oxygen atoms in total. The molecule has 0 aliphatic heterocycles. The molecule has 50 heavy (non-hydrogen) atoms. The molecule has 0 saturated carbocycles. The number of benzene rings is 7. The van der Waals surface area contributed by atoms with E-state index in [2.05, 4.69) is 139 Å². The van der Waals surface area contributed by atoms with E-state index in [1.165, 1.54) is 33.4 Å². The standard InChI is InChI=1S/C47H35N3/c1-48-45(38-30-28-36(29-31-38)35-17-5-2-6-18-35)50-46(37-19-7-3-8-20-37)49-33-34-16-15-23-40(32-34)47(39-21-9-4-10-22-39)43-26-13-11-24-41(43)42-25-12-14-27-44(42)47/h2-32H,1,33H2/b49-46-,50-45-. The Balaban J connectivity index is 1.20. The molecule has 0 radical (unpaired) electrons. The molecule has 0 aromatic heterocycles. The van der Waals surface area contributed by atoms with Crippen LogP contribution < -0.4 is 0 Å². The molecule has 1 aliphatic carbocycles. The minimum Gasteiger partial charge on any atom is -0.261 e. The summed E-state index contributed by atoms with van der Waals surface area (Å²) in [6, 6.07) is 66.1. The third kappa shape index (κ3) is 5.59. The van der Waals surface area contributed by atoms with Crippen molar-refractivity contribution in [2.24, 2.45) is 15.0 Å². The maximum Gasteiger partial charge on any atom is 0.161 e. The lowest BCUT2D eigenvalue weighted by molar-refractivity contribution is 0.766. The molecule has 0 atom stereocenters. The van der Waals surface area contributed by atoms with Gasteiger partial charge in [0.2, 0.25) is 0 Å². The molecule has 238 valence electrons. The van der Waals surface area contributed by atoms with Crippen LogP contribution in [0.3, 0.4) is 0 Å². The molecule has 0 fully saturated rings. The first-order valence-electron chi connectivity index (χ1n) is 16.9. The maximum absolute atomic E-state index is 5.14. The van der Waals surface area contributed by atoms with Crippen LogP contribution in [0.4, 0.5) is 0 Å². The molecule has 0 bridgehead atoms. The van der Waals surface area contributed by atoms with Crippen molar-refractivity contribution < 1.29 is 0 Å². The summed E-state index contributed by atoms with van der Waals surface area (Å²) in [7, 11) is 0. The van der Waals surface area contributed by atoms with Crippen LogP contribution in [-0.2, 0) is 12.0 Å². The normalized spacial score (nSPS) is 13.4. The summed E-state index contributed by atoms with van der Waals surface area (Å²) in [5.74, 6) is 1.14. The van der Waals surface area contributed by atoms with Crippen molar-refractivity contribution in [3.8, 4) is 22.3 Å². The van der Waals surface area contributed by atoms with Gasteiger partial charge in [-0.15, -0.1) is 0 Å². The van der Waals surface area contributed by atoms with Gasteiger partial charge < -0.3 is 0 Å². The first kappa shape index (κ1) is 30.9. The van der Waals surface area contributed by atoms with E-state index in [4.69, 9.17) is 9.98 Å². The first-order valence-corrected chi connectivity index (χ1v) is 16.9. The van der Waals surface area contributed by atoms with Gasteiger partial charge in [0.05, 0.1) is 12.0 Å². The molecular formula is C47H35N3. The Morgan fingerprint density at radius 2 is 0.980 bits per heavy atom. The predicted molar refractivity (Wildman–Crippen MR) is 208 cm³/mol. The average Bonchev–Trinajstić information content (AvgIpc) is 3.50. The summed E-state index contributed by atoms with van der Waals surface area (Å²) >= 11 is 0. The fourth-order valence-corrected chi connectivity index (χ4v) is 7.29. The van der Waals surface area contributed by atoms with Crippen molar-refractivity contribution in [1.29, 1.82) is 0 Å². The quantitative estimate of drug-likeness (QED) is 0.123. The number of hydrogen-bond donors (Lipinski definition) is 0. The van der Waals surface area contributed by atoms with Crippen LogP contribution in [0.25, 0.3) is 22.3 Å². The molecule has 0 heterocycles. The van der Waals surface area contributed by atoms with Gasteiger partial charge in [-0.25, -0.2) is 9.98 Å². The first-order chi connectivity index (χ1) is 24.8. The largest absolute Gasteiger partial charge is 0.261 e. The topological polar surface area (TPSA) is 37.1 Å². The van der Waals surface area contributed by atoms with Gasteiger partial charge in [0, 0.05) is 11.1 Å². The SMILES string of the molecule is C=N/C(=N\C(=N/Cc1cccc(C2(c3ccccc3)c3ccccc3-c3ccccc32)c1)c1ccccc1)c1ccc(-c2ccccc2)cc1. The monoisotopic (exact) mass is 641 g/mol. The lowest BCUT2D eigenvalue weighted by atomic mass is 9.67. The van der Waals surface area contributed by atoms with Crippen molar-refractivity contribution in [2.45, 2.75) is 12.0 Å². The third-order valence-corrected chi connectivity index (χ3v) is 9.57. The van der Waals surface area contributed by atoms with Crippen molar-refractivity contribution in [3.05, 3.63) is 227 Å². The second kappa shape index (κ2) is 13.6. The predicted octanol–water partition coefficient (Wildman–Crippen LogP) is 10.8. The molecule has 7 aromatic rings. The summed E-state index contributed by atoms with van der Waals surface area (Å²) in [4.78, 5) is 14.5. The summed E-state index contributed by atoms with van der Waals surface area (Å²) in [5, 5.41) is 0. The van der Waals surface area contributed by atoms with E-state index < -0.39 is 5.41 Å². The van der Waals surface area contributed by atoms with E-state index in [0.717, 1.165) is 27.8 Å². The Morgan fingerprint density at radius 1 is 0.460 bits per heavy atom. The van der Waals surface area contributed by atoms with Crippen molar-refractivity contribution in [1.82, 2.24) is 0 Å². The number of fused-ring (bicyclic) bond motifs is 3. The third-order valence-electron chi connectivity index (χ3n) is 9.57. The number of rotatable bonds is 7. The van der Waals surface area contributed by atoms with E-state index >= 15 is 0 Å². The maximum atomic E-state index is 5.14. The lowest BCUT2D eigenvalue weighted by Gasteiger charge is -2.34. The summed E-state index contributed by atoms with van der Waals surface area (Å²) in [5.41, 5.74) is 12.3. The molecule has 1 aliphatic rings. The highest BCUT2D eigenvalue weighted by Gasteiger charge is 2.45. The van der Waals surface area contributed by atoms with Gasteiger partial charge >= 0.3 is 0 Å². The molecule has 7 aromatic carbocycles. The van der Waals surface area contributed by atoms with Crippen LogP contribution in [0.15, 0.2) is 203 Å². The second-order valence-corrected chi connectivity index (χ2v) is 12.5. The van der Waals surface area contributed by atoms with Crippen molar-refractivity contribution in [2.75, 3.05) is 0 Å². The van der Waals surface area contributed by atoms with Crippen molar-refractivity contribution in [3.63, 3.8) is 0 Å². The van der Waals surface area contributed by atoms with Gasteiger partial charge in [0.1, 0.15) is 0 Å². The van der Waals surface area contributed by atoms with E-state index in [9.17, 15) is 0 Å². The number of nitrogens with zero attached hydrogens (tertiary/aromatic N) is 3. The molecule has 0 N–H and O–H groups in total. The van der Waals surface area contributed by atoms with Crippen LogP contribution in [0.5, 0.6) is 0 Å². The molecular weight excluding hydrogens is 607 g/mol. The van der Waals surface area contributed by atoms with Gasteiger partial charge in [-0.2, -0.15) is 0 Å². The highest BCUT2D eigenvalue weighted by molar-refractivity contribution is 6.12. The van der Waals surface area contributed by atoms with Crippen LogP contribution in [0.2, 0.25) is 0 Å². The van der Waals surface area contributed by atoms with E-state index in [0.29, 0.717) is 18.2 Å².